The van der Waals surface area contributed by atoms with Crippen LogP contribution in [0, 0.1) is 11.8 Å². The quantitative estimate of drug-likeness (QED) is 0.905. The molecule has 1 aliphatic rings. The van der Waals surface area contributed by atoms with Gasteiger partial charge in [0, 0.05) is 13.1 Å². The first-order valence-corrected chi connectivity index (χ1v) is 7.27. The van der Waals surface area contributed by atoms with Crippen LogP contribution in [0.4, 0.5) is 0 Å². The monoisotopic (exact) mass is 263 g/mol. The van der Waals surface area contributed by atoms with Gasteiger partial charge in [-0.15, -0.1) is 0 Å². The molecule has 0 amide bonds. The zero-order valence-electron chi connectivity index (χ0n) is 12.2. The predicted molar refractivity (Wildman–Crippen MR) is 77.5 cm³/mol. The minimum Gasteiger partial charge on any atom is -0.504 e. The van der Waals surface area contributed by atoms with Gasteiger partial charge in [-0.05, 0) is 49.4 Å². The Labute approximate surface area is 116 Å². The predicted octanol–water partition coefficient (Wildman–Crippen LogP) is 3.27. The van der Waals surface area contributed by atoms with Crippen molar-refractivity contribution in [1.82, 2.24) is 4.90 Å². The lowest BCUT2D eigenvalue weighted by atomic mass is 9.88. The van der Waals surface area contributed by atoms with Crippen LogP contribution in [0.3, 0.4) is 0 Å². The minimum absolute atomic E-state index is 0.228. The van der Waals surface area contributed by atoms with Crippen LogP contribution in [-0.2, 0) is 6.54 Å². The molecule has 1 saturated heterocycles. The molecular formula is C16H25NO2. The summed E-state index contributed by atoms with van der Waals surface area (Å²) in [5.74, 6) is 2.41. The molecule has 0 bridgehead atoms. The highest BCUT2D eigenvalue weighted by Gasteiger charge is 2.22. The Kier molecular flexibility index (Phi) is 4.70. The summed E-state index contributed by atoms with van der Waals surface area (Å²) in [5, 5.41) is 9.71. The van der Waals surface area contributed by atoms with E-state index in [2.05, 4.69) is 18.7 Å². The maximum atomic E-state index is 9.71. The van der Waals surface area contributed by atoms with Gasteiger partial charge in [-0.25, -0.2) is 0 Å². The van der Waals surface area contributed by atoms with E-state index in [0.717, 1.165) is 31.5 Å². The van der Waals surface area contributed by atoms with Crippen LogP contribution < -0.4 is 4.74 Å². The lowest BCUT2D eigenvalue weighted by Crippen LogP contribution is -2.37. The smallest absolute Gasteiger partial charge is 0.161 e. The van der Waals surface area contributed by atoms with Crippen molar-refractivity contribution >= 4 is 0 Å². The Morgan fingerprint density at radius 3 is 2.79 bits per heavy atom. The SMILES string of the molecule is CCOc1cc(CN2CCC(C)C(C)C2)ccc1O. The average Bonchev–Trinajstić information content (AvgIpc) is 2.38. The number of piperidine rings is 1. The number of hydrogen-bond donors (Lipinski definition) is 1. The van der Waals surface area contributed by atoms with Gasteiger partial charge in [0.15, 0.2) is 11.5 Å². The number of benzene rings is 1. The van der Waals surface area contributed by atoms with Crippen molar-refractivity contribution in [3.05, 3.63) is 23.8 Å². The topological polar surface area (TPSA) is 32.7 Å². The molecule has 2 atom stereocenters. The number of rotatable bonds is 4. The van der Waals surface area contributed by atoms with Crippen molar-refractivity contribution in [3.8, 4) is 11.5 Å². The lowest BCUT2D eigenvalue weighted by molar-refractivity contribution is 0.132. The van der Waals surface area contributed by atoms with Crippen LogP contribution in [0.2, 0.25) is 0 Å². The molecule has 3 nitrogen and oxygen atoms in total. The highest BCUT2D eigenvalue weighted by atomic mass is 16.5. The van der Waals surface area contributed by atoms with Gasteiger partial charge in [0.1, 0.15) is 0 Å². The first-order valence-electron chi connectivity index (χ1n) is 7.27. The fraction of sp³-hybridized carbons (Fsp3) is 0.625. The van der Waals surface area contributed by atoms with E-state index in [9.17, 15) is 5.11 Å². The number of ether oxygens (including phenoxy) is 1. The fourth-order valence-corrected chi connectivity index (χ4v) is 2.68. The van der Waals surface area contributed by atoms with Crippen LogP contribution >= 0.6 is 0 Å². The number of nitrogens with zero attached hydrogens (tertiary/aromatic N) is 1. The summed E-state index contributed by atoms with van der Waals surface area (Å²) in [5.41, 5.74) is 1.21. The fourth-order valence-electron chi connectivity index (χ4n) is 2.68. The van der Waals surface area contributed by atoms with Crippen LogP contribution in [0.1, 0.15) is 32.8 Å². The van der Waals surface area contributed by atoms with Gasteiger partial charge in [-0.2, -0.15) is 0 Å². The molecule has 1 aromatic rings. The molecule has 1 aromatic carbocycles. The molecule has 2 unspecified atom stereocenters. The summed E-state index contributed by atoms with van der Waals surface area (Å²) in [6.07, 6.45) is 1.28. The summed E-state index contributed by atoms with van der Waals surface area (Å²) < 4.78 is 5.44. The van der Waals surface area contributed by atoms with Crippen molar-refractivity contribution in [2.75, 3.05) is 19.7 Å². The molecule has 19 heavy (non-hydrogen) atoms. The molecule has 106 valence electrons. The van der Waals surface area contributed by atoms with Gasteiger partial charge < -0.3 is 9.84 Å². The second-order valence-electron chi connectivity index (χ2n) is 5.71. The van der Waals surface area contributed by atoms with E-state index in [1.807, 2.05) is 19.1 Å². The number of likely N-dealkylation sites (tertiary alicyclic amines) is 1. The van der Waals surface area contributed by atoms with Gasteiger partial charge in [0.25, 0.3) is 0 Å². The van der Waals surface area contributed by atoms with Crippen LogP contribution in [0.25, 0.3) is 0 Å². The maximum Gasteiger partial charge on any atom is 0.161 e. The summed E-state index contributed by atoms with van der Waals surface area (Å²) in [6.45, 7) is 10.4. The van der Waals surface area contributed by atoms with Gasteiger partial charge in [-0.3, -0.25) is 4.90 Å². The third-order valence-electron chi connectivity index (χ3n) is 4.15. The first-order chi connectivity index (χ1) is 9.10. The van der Waals surface area contributed by atoms with E-state index in [4.69, 9.17) is 4.74 Å². The van der Waals surface area contributed by atoms with Gasteiger partial charge in [-0.1, -0.05) is 19.9 Å². The van der Waals surface area contributed by atoms with E-state index >= 15 is 0 Å². The van der Waals surface area contributed by atoms with Crippen LogP contribution in [-0.4, -0.2) is 29.7 Å². The molecule has 0 radical (unpaired) electrons. The number of phenolic OH excluding ortho intramolecular Hbond substituents is 1. The summed E-state index contributed by atoms with van der Waals surface area (Å²) in [4.78, 5) is 2.49. The Hall–Kier alpha value is -1.22. The lowest BCUT2D eigenvalue weighted by Gasteiger charge is -2.35. The van der Waals surface area contributed by atoms with Crippen LogP contribution in [0.5, 0.6) is 11.5 Å². The van der Waals surface area contributed by atoms with Gasteiger partial charge >= 0.3 is 0 Å². The maximum absolute atomic E-state index is 9.71. The van der Waals surface area contributed by atoms with Crippen molar-refractivity contribution < 1.29 is 9.84 Å². The number of hydrogen-bond acceptors (Lipinski definition) is 3. The second kappa shape index (κ2) is 6.29. The molecule has 1 heterocycles. The standard InChI is InChI=1S/C16H25NO2/c1-4-19-16-9-14(5-6-15(16)18)11-17-8-7-12(2)13(3)10-17/h5-6,9,12-13,18H,4,7-8,10-11H2,1-3H3. The molecule has 0 aliphatic carbocycles. The third-order valence-corrected chi connectivity index (χ3v) is 4.15. The van der Waals surface area contributed by atoms with E-state index in [-0.39, 0.29) is 5.75 Å². The molecule has 0 spiro atoms. The minimum atomic E-state index is 0.228. The van der Waals surface area contributed by atoms with Crippen molar-refractivity contribution in [1.29, 1.82) is 0 Å². The summed E-state index contributed by atoms with van der Waals surface area (Å²) >= 11 is 0. The molecular weight excluding hydrogens is 238 g/mol. The second-order valence-corrected chi connectivity index (χ2v) is 5.71. The Morgan fingerprint density at radius 2 is 2.11 bits per heavy atom. The highest BCUT2D eigenvalue weighted by Crippen LogP contribution is 2.29. The molecule has 0 saturated carbocycles. The van der Waals surface area contributed by atoms with E-state index in [1.54, 1.807) is 6.07 Å². The van der Waals surface area contributed by atoms with Crippen molar-refractivity contribution in [2.24, 2.45) is 11.8 Å². The molecule has 1 fully saturated rings. The molecule has 3 heteroatoms. The van der Waals surface area contributed by atoms with Gasteiger partial charge in [0.05, 0.1) is 6.61 Å². The highest BCUT2D eigenvalue weighted by molar-refractivity contribution is 5.41. The van der Waals surface area contributed by atoms with Crippen molar-refractivity contribution in [3.63, 3.8) is 0 Å². The third kappa shape index (κ3) is 3.63. The Balaban J connectivity index is 2.01. The zero-order valence-corrected chi connectivity index (χ0v) is 12.2. The van der Waals surface area contributed by atoms with Crippen molar-refractivity contribution in [2.45, 2.75) is 33.7 Å². The van der Waals surface area contributed by atoms with E-state index in [0.29, 0.717) is 12.4 Å². The summed E-state index contributed by atoms with van der Waals surface area (Å²) in [7, 11) is 0. The molecule has 1 N–H and O–H groups in total. The molecule has 0 aromatic heterocycles. The van der Waals surface area contributed by atoms with Gasteiger partial charge in [0.2, 0.25) is 0 Å². The van der Waals surface area contributed by atoms with E-state index < -0.39 is 0 Å². The summed E-state index contributed by atoms with van der Waals surface area (Å²) in [6, 6.07) is 5.68. The number of aromatic hydroxyl groups is 1. The normalized spacial score (nSPS) is 24.4. The largest absolute Gasteiger partial charge is 0.504 e. The average molecular weight is 263 g/mol. The molecule has 2 rings (SSSR count). The zero-order chi connectivity index (χ0) is 13.8. The first kappa shape index (κ1) is 14.2. The number of phenols is 1. The van der Waals surface area contributed by atoms with E-state index in [1.165, 1.54) is 12.0 Å². The Bertz CT molecular complexity index is 419. The molecule has 1 aliphatic heterocycles. The van der Waals surface area contributed by atoms with Crippen LogP contribution in [0.15, 0.2) is 18.2 Å². The Morgan fingerprint density at radius 1 is 1.32 bits per heavy atom.